The highest BCUT2D eigenvalue weighted by Crippen LogP contribution is 2.34. The molecular weight excluding hydrogens is 448 g/mol. The van der Waals surface area contributed by atoms with Gasteiger partial charge in [0.25, 0.3) is 0 Å². The Labute approximate surface area is 224 Å². The summed E-state index contributed by atoms with van der Waals surface area (Å²) in [7, 11) is 0. The molecule has 4 heteroatoms. The highest BCUT2D eigenvalue weighted by molar-refractivity contribution is 5.78. The molecule has 2 rings (SSSR count). The molecule has 212 valence electrons. The molecule has 0 aromatic rings. The van der Waals surface area contributed by atoms with E-state index in [-0.39, 0.29) is 36.0 Å². The Bertz CT molecular complexity index is 601. The molecule has 2 aliphatic rings. The molecule has 0 aliphatic carbocycles. The van der Waals surface area contributed by atoms with Crippen LogP contribution in [-0.4, -0.2) is 24.1 Å². The molecule has 2 fully saturated rings. The van der Waals surface area contributed by atoms with Gasteiger partial charge in [0.2, 0.25) is 0 Å². The van der Waals surface area contributed by atoms with Crippen LogP contribution in [0.4, 0.5) is 0 Å². The van der Waals surface area contributed by atoms with Gasteiger partial charge in [-0.2, -0.15) is 0 Å². The predicted molar refractivity (Wildman–Crippen MR) is 150 cm³/mol. The van der Waals surface area contributed by atoms with Crippen molar-refractivity contribution >= 4 is 11.9 Å². The van der Waals surface area contributed by atoms with E-state index in [1.165, 1.54) is 38.5 Å². The summed E-state index contributed by atoms with van der Waals surface area (Å²) in [6, 6.07) is 0. The standard InChI is InChI=1S/2C16H30O2/c2*1-10(2)7-11(3)8-12(4)9-13(5)15-14(6)16(17)18-15/h2*10-15H,7-9H2,1-6H3/t11-,12-,13-,14+,15+;11-,12-,13-,14-,15-/m11/s1. The van der Waals surface area contributed by atoms with E-state index in [9.17, 15) is 9.59 Å². The minimum absolute atomic E-state index is 0.0207. The highest BCUT2D eigenvalue weighted by atomic mass is 16.6. The van der Waals surface area contributed by atoms with Crippen molar-refractivity contribution in [1.29, 1.82) is 0 Å². The molecule has 0 amide bonds. The zero-order valence-corrected chi connectivity index (χ0v) is 25.8. The van der Waals surface area contributed by atoms with Crippen LogP contribution in [0.3, 0.4) is 0 Å². The van der Waals surface area contributed by atoms with E-state index in [1.54, 1.807) is 0 Å². The first-order valence-corrected chi connectivity index (χ1v) is 15.0. The van der Waals surface area contributed by atoms with E-state index in [1.807, 2.05) is 13.8 Å². The Morgan fingerprint density at radius 2 is 0.778 bits per heavy atom. The third-order valence-electron chi connectivity index (χ3n) is 8.26. The van der Waals surface area contributed by atoms with E-state index >= 15 is 0 Å². The number of hydrogen-bond donors (Lipinski definition) is 0. The summed E-state index contributed by atoms with van der Waals surface area (Å²) in [5.41, 5.74) is 0. The average Bonchev–Trinajstić information content (AvgIpc) is 2.73. The second-order valence-corrected chi connectivity index (χ2v) is 14.0. The Kier molecular flexibility index (Phi) is 14.1. The Morgan fingerprint density at radius 1 is 0.500 bits per heavy atom. The van der Waals surface area contributed by atoms with Gasteiger partial charge in [-0.05, 0) is 99.7 Å². The molecule has 2 heterocycles. The quantitative estimate of drug-likeness (QED) is 0.220. The van der Waals surface area contributed by atoms with Gasteiger partial charge in [0.15, 0.2) is 0 Å². The molecule has 0 bridgehead atoms. The highest BCUT2D eigenvalue weighted by Gasteiger charge is 2.43. The third kappa shape index (κ3) is 11.1. The molecule has 0 radical (unpaired) electrons. The molecule has 0 saturated carbocycles. The molecule has 36 heavy (non-hydrogen) atoms. The fraction of sp³-hybridized carbons (Fsp3) is 0.938. The van der Waals surface area contributed by atoms with Gasteiger partial charge in [-0.1, -0.05) is 69.2 Å². The second kappa shape index (κ2) is 15.4. The number of ether oxygens (including phenoxy) is 2. The van der Waals surface area contributed by atoms with Crippen molar-refractivity contribution in [2.45, 2.75) is 134 Å². The fourth-order valence-corrected chi connectivity index (χ4v) is 6.93. The number of carbonyl (C=O) groups is 2. The minimum atomic E-state index is -0.0207. The van der Waals surface area contributed by atoms with Crippen LogP contribution in [0.2, 0.25) is 0 Å². The van der Waals surface area contributed by atoms with E-state index in [0.29, 0.717) is 11.8 Å². The van der Waals surface area contributed by atoms with Gasteiger partial charge in [0.05, 0.1) is 11.8 Å². The van der Waals surface area contributed by atoms with Crippen LogP contribution < -0.4 is 0 Å². The van der Waals surface area contributed by atoms with Gasteiger partial charge in [0, 0.05) is 0 Å². The zero-order chi connectivity index (χ0) is 27.7. The Balaban J connectivity index is 0.000000360. The van der Waals surface area contributed by atoms with Crippen molar-refractivity contribution in [3.63, 3.8) is 0 Å². The van der Waals surface area contributed by atoms with E-state index in [0.717, 1.165) is 35.5 Å². The van der Waals surface area contributed by atoms with E-state index in [2.05, 4.69) is 69.2 Å². The first-order valence-electron chi connectivity index (χ1n) is 15.0. The van der Waals surface area contributed by atoms with Crippen molar-refractivity contribution in [3.8, 4) is 0 Å². The van der Waals surface area contributed by atoms with E-state index < -0.39 is 0 Å². The summed E-state index contributed by atoms with van der Waals surface area (Å²) in [6.45, 7) is 26.9. The molecule has 0 unspecified atom stereocenters. The Morgan fingerprint density at radius 3 is 1.00 bits per heavy atom. The summed E-state index contributed by atoms with van der Waals surface area (Å²) in [5.74, 6) is 5.80. The number of cyclic esters (lactones) is 2. The van der Waals surface area contributed by atoms with Gasteiger partial charge < -0.3 is 9.47 Å². The largest absolute Gasteiger partial charge is 0.461 e. The summed E-state index contributed by atoms with van der Waals surface area (Å²) < 4.78 is 10.5. The molecule has 2 saturated heterocycles. The van der Waals surface area contributed by atoms with Gasteiger partial charge in [0.1, 0.15) is 12.2 Å². The van der Waals surface area contributed by atoms with Crippen LogP contribution >= 0.6 is 0 Å². The molecule has 0 aromatic carbocycles. The number of hydrogen-bond acceptors (Lipinski definition) is 4. The van der Waals surface area contributed by atoms with Crippen LogP contribution in [0.25, 0.3) is 0 Å². The van der Waals surface area contributed by atoms with Gasteiger partial charge >= 0.3 is 11.9 Å². The molecule has 0 aromatic heterocycles. The van der Waals surface area contributed by atoms with Crippen molar-refractivity contribution in [3.05, 3.63) is 0 Å². The molecular formula is C32H60O4. The second-order valence-electron chi connectivity index (χ2n) is 14.0. The zero-order valence-electron chi connectivity index (χ0n) is 25.8. The maximum Gasteiger partial charge on any atom is 0.312 e. The number of esters is 2. The molecule has 10 atom stereocenters. The van der Waals surface area contributed by atoms with Crippen LogP contribution in [0.5, 0.6) is 0 Å². The lowest BCUT2D eigenvalue weighted by molar-refractivity contribution is -0.190. The summed E-state index contributed by atoms with van der Waals surface area (Å²) in [6.07, 6.45) is 7.88. The van der Waals surface area contributed by atoms with E-state index in [4.69, 9.17) is 9.47 Å². The lowest BCUT2D eigenvalue weighted by atomic mass is 9.80. The SMILES string of the molecule is CC(C)C[C@@H](C)C[C@@H](C)C[C@@H](C)[C@@H]1OC(=O)[C@H]1C.CC(C)C[C@@H](C)C[C@@H](C)C[C@@H](C)[C@H]1OC(=O)[C@@H]1C. The summed E-state index contributed by atoms with van der Waals surface area (Å²) >= 11 is 0. The average molecular weight is 509 g/mol. The lowest BCUT2D eigenvalue weighted by Crippen LogP contribution is -2.47. The predicted octanol–water partition coefficient (Wildman–Crippen LogP) is 8.57. The van der Waals surface area contributed by atoms with Crippen molar-refractivity contribution in [2.75, 3.05) is 0 Å². The Hall–Kier alpha value is -1.06. The minimum Gasteiger partial charge on any atom is -0.461 e. The topological polar surface area (TPSA) is 52.6 Å². The lowest BCUT2D eigenvalue weighted by Gasteiger charge is -2.38. The normalized spacial score (nSPS) is 28.5. The third-order valence-corrected chi connectivity index (χ3v) is 8.26. The molecule has 2 aliphatic heterocycles. The van der Waals surface area contributed by atoms with Crippen LogP contribution in [0.15, 0.2) is 0 Å². The smallest absolute Gasteiger partial charge is 0.312 e. The maximum atomic E-state index is 11.1. The molecule has 4 nitrogen and oxygen atoms in total. The fourth-order valence-electron chi connectivity index (χ4n) is 6.93. The molecule has 0 N–H and O–H groups in total. The van der Waals surface area contributed by atoms with Crippen molar-refractivity contribution in [2.24, 2.45) is 59.2 Å². The van der Waals surface area contributed by atoms with Crippen LogP contribution in [0, 0.1) is 59.2 Å². The van der Waals surface area contributed by atoms with Gasteiger partial charge in [-0.3, -0.25) is 9.59 Å². The van der Waals surface area contributed by atoms with Gasteiger partial charge in [-0.25, -0.2) is 0 Å². The van der Waals surface area contributed by atoms with Crippen molar-refractivity contribution in [1.82, 2.24) is 0 Å². The monoisotopic (exact) mass is 508 g/mol. The first kappa shape index (κ1) is 33.0. The van der Waals surface area contributed by atoms with Crippen molar-refractivity contribution < 1.29 is 19.1 Å². The molecule has 0 spiro atoms. The van der Waals surface area contributed by atoms with Crippen LogP contribution in [0.1, 0.15) is 122 Å². The van der Waals surface area contributed by atoms with Crippen LogP contribution in [-0.2, 0) is 19.1 Å². The summed E-state index contributed by atoms with van der Waals surface area (Å²) in [5, 5.41) is 0. The number of carbonyl (C=O) groups excluding carboxylic acids is 2. The van der Waals surface area contributed by atoms with Gasteiger partial charge in [-0.15, -0.1) is 0 Å². The number of rotatable bonds is 14. The maximum absolute atomic E-state index is 11.1. The summed E-state index contributed by atoms with van der Waals surface area (Å²) in [4.78, 5) is 22.2. The first-order chi connectivity index (χ1) is 16.6.